The molecule has 3 rings (SSSR count). The van der Waals surface area contributed by atoms with Crippen LogP contribution in [0.4, 0.5) is 10.5 Å². The molecule has 1 atom stereocenters. The van der Waals surface area contributed by atoms with Gasteiger partial charge in [0.1, 0.15) is 0 Å². The topological polar surface area (TPSA) is 54.0 Å². The van der Waals surface area contributed by atoms with E-state index in [-0.39, 0.29) is 12.1 Å². The lowest BCUT2D eigenvalue weighted by Crippen LogP contribution is -2.31. The normalized spacial score (nSPS) is 11.5. The number of rotatable bonds is 4. The molecule has 0 fully saturated rings. The van der Waals surface area contributed by atoms with Gasteiger partial charge in [-0.2, -0.15) is 0 Å². The zero-order chi connectivity index (χ0) is 16.8. The Morgan fingerprint density at radius 2 is 1.71 bits per heavy atom. The first-order valence-electron chi connectivity index (χ1n) is 7.86. The van der Waals surface area contributed by atoms with Crippen molar-refractivity contribution in [1.29, 1.82) is 0 Å². The summed E-state index contributed by atoms with van der Waals surface area (Å²) in [7, 11) is 0. The largest absolute Gasteiger partial charge is 0.331 e. The maximum atomic E-state index is 12.3. The molecule has 0 aliphatic heterocycles. The SMILES string of the molecule is C[C@H](NC(=O)Nc1ccccc1-c1cccnc1)c1ccccc1. The van der Waals surface area contributed by atoms with Gasteiger partial charge in [0.15, 0.2) is 0 Å². The molecule has 2 amide bonds. The van der Waals surface area contributed by atoms with Gasteiger partial charge in [-0.15, -0.1) is 0 Å². The fourth-order valence-corrected chi connectivity index (χ4v) is 2.55. The predicted octanol–water partition coefficient (Wildman–Crippen LogP) is 4.63. The molecule has 0 aliphatic carbocycles. The van der Waals surface area contributed by atoms with Gasteiger partial charge in [0, 0.05) is 23.5 Å². The average molecular weight is 317 g/mol. The Morgan fingerprint density at radius 1 is 0.958 bits per heavy atom. The Hall–Kier alpha value is -3.14. The number of nitrogens with one attached hydrogen (secondary N) is 2. The van der Waals surface area contributed by atoms with Crippen LogP contribution < -0.4 is 10.6 Å². The molecule has 2 aromatic carbocycles. The third-order valence-corrected chi connectivity index (χ3v) is 3.79. The van der Waals surface area contributed by atoms with Crippen molar-refractivity contribution >= 4 is 11.7 Å². The zero-order valence-electron chi connectivity index (χ0n) is 13.4. The Kier molecular flexibility index (Phi) is 4.87. The molecule has 1 heterocycles. The molecule has 0 unspecified atom stereocenters. The van der Waals surface area contributed by atoms with Crippen molar-refractivity contribution in [3.63, 3.8) is 0 Å². The van der Waals surface area contributed by atoms with Crippen molar-refractivity contribution in [3.8, 4) is 11.1 Å². The highest BCUT2D eigenvalue weighted by molar-refractivity contribution is 5.94. The van der Waals surface area contributed by atoms with Gasteiger partial charge in [-0.1, -0.05) is 54.6 Å². The monoisotopic (exact) mass is 317 g/mol. The molecule has 0 saturated heterocycles. The van der Waals surface area contributed by atoms with Gasteiger partial charge < -0.3 is 10.6 Å². The van der Waals surface area contributed by atoms with E-state index in [9.17, 15) is 4.79 Å². The number of aromatic nitrogens is 1. The Bertz CT molecular complexity index is 803. The number of pyridine rings is 1. The minimum Gasteiger partial charge on any atom is -0.331 e. The first kappa shape index (κ1) is 15.7. The Labute approximate surface area is 141 Å². The molecular weight excluding hydrogens is 298 g/mol. The second kappa shape index (κ2) is 7.42. The number of benzene rings is 2. The van der Waals surface area contributed by atoms with E-state index in [0.717, 1.165) is 22.4 Å². The zero-order valence-corrected chi connectivity index (χ0v) is 13.4. The van der Waals surface area contributed by atoms with Crippen molar-refractivity contribution < 1.29 is 4.79 Å². The first-order chi connectivity index (χ1) is 11.7. The van der Waals surface area contributed by atoms with Crippen LogP contribution in [0.3, 0.4) is 0 Å². The van der Waals surface area contributed by atoms with Crippen LogP contribution in [0.15, 0.2) is 79.1 Å². The molecular formula is C20H19N3O. The Morgan fingerprint density at radius 3 is 2.46 bits per heavy atom. The van der Waals surface area contributed by atoms with Crippen molar-refractivity contribution in [2.24, 2.45) is 0 Å². The van der Waals surface area contributed by atoms with Crippen LogP contribution in [-0.2, 0) is 0 Å². The van der Waals surface area contributed by atoms with Crippen LogP contribution in [0.1, 0.15) is 18.5 Å². The summed E-state index contributed by atoms with van der Waals surface area (Å²) < 4.78 is 0. The van der Waals surface area contributed by atoms with Crippen molar-refractivity contribution in [2.45, 2.75) is 13.0 Å². The van der Waals surface area contributed by atoms with Crippen molar-refractivity contribution in [2.75, 3.05) is 5.32 Å². The second-order valence-electron chi connectivity index (χ2n) is 5.52. The first-order valence-corrected chi connectivity index (χ1v) is 7.86. The standard InChI is InChI=1S/C20H19N3O/c1-15(16-8-3-2-4-9-16)22-20(24)23-19-12-6-5-11-18(19)17-10-7-13-21-14-17/h2-15H,1H3,(H2,22,23,24)/t15-/m0/s1. The maximum Gasteiger partial charge on any atom is 0.319 e. The van der Waals surface area contributed by atoms with Crippen LogP contribution in [0, 0.1) is 0 Å². The molecule has 24 heavy (non-hydrogen) atoms. The van der Waals surface area contributed by atoms with Crippen LogP contribution in [-0.4, -0.2) is 11.0 Å². The molecule has 0 saturated carbocycles. The molecule has 4 heteroatoms. The molecule has 0 bridgehead atoms. The third kappa shape index (κ3) is 3.79. The van der Waals surface area contributed by atoms with Crippen LogP contribution >= 0.6 is 0 Å². The van der Waals surface area contributed by atoms with Crippen molar-refractivity contribution in [3.05, 3.63) is 84.7 Å². The van der Waals surface area contributed by atoms with Gasteiger partial charge in [-0.3, -0.25) is 4.98 Å². The van der Waals surface area contributed by atoms with E-state index in [1.54, 1.807) is 12.4 Å². The number of nitrogens with zero attached hydrogens (tertiary/aromatic N) is 1. The van der Waals surface area contributed by atoms with Crippen LogP contribution in [0.5, 0.6) is 0 Å². The average Bonchev–Trinajstić information content (AvgIpc) is 2.63. The molecule has 4 nitrogen and oxygen atoms in total. The lowest BCUT2D eigenvalue weighted by atomic mass is 10.1. The Balaban J connectivity index is 1.74. The molecule has 0 radical (unpaired) electrons. The van der Waals surface area contributed by atoms with E-state index in [4.69, 9.17) is 0 Å². The van der Waals surface area contributed by atoms with Gasteiger partial charge in [0.2, 0.25) is 0 Å². The fraction of sp³-hybridized carbons (Fsp3) is 0.100. The summed E-state index contributed by atoms with van der Waals surface area (Å²) in [6.45, 7) is 1.96. The molecule has 3 aromatic rings. The minimum absolute atomic E-state index is 0.0724. The summed E-state index contributed by atoms with van der Waals surface area (Å²) in [5.74, 6) is 0. The van der Waals surface area contributed by atoms with E-state index in [2.05, 4.69) is 15.6 Å². The highest BCUT2D eigenvalue weighted by Crippen LogP contribution is 2.27. The maximum absolute atomic E-state index is 12.3. The number of carbonyl (C=O) groups excluding carboxylic acids is 1. The summed E-state index contributed by atoms with van der Waals surface area (Å²) in [6.07, 6.45) is 3.51. The highest BCUT2D eigenvalue weighted by Gasteiger charge is 2.11. The van der Waals surface area contributed by atoms with Gasteiger partial charge >= 0.3 is 6.03 Å². The van der Waals surface area contributed by atoms with E-state index in [1.807, 2.05) is 73.7 Å². The van der Waals surface area contributed by atoms with Crippen LogP contribution in [0.25, 0.3) is 11.1 Å². The smallest absolute Gasteiger partial charge is 0.319 e. The predicted molar refractivity (Wildman–Crippen MR) is 96.7 cm³/mol. The quantitative estimate of drug-likeness (QED) is 0.737. The summed E-state index contributed by atoms with van der Waals surface area (Å²) >= 11 is 0. The summed E-state index contributed by atoms with van der Waals surface area (Å²) in [5, 5.41) is 5.89. The number of anilines is 1. The van der Waals surface area contributed by atoms with E-state index in [0.29, 0.717) is 0 Å². The number of hydrogen-bond donors (Lipinski definition) is 2. The van der Waals surface area contributed by atoms with Gasteiger partial charge in [0.25, 0.3) is 0 Å². The van der Waals surface area contributed by atoms with Gasteiger partial charge in [-0.25, -0.2) is 4.79 Å². The van der Waals surface area contributed by atoms with E-state index >= 15 is 0 Å². The summed E-state index contributed by atoms with van der Waals surface area (Å²) in [6, 6.07) is 21.1. The molecule has 2 N–H and O–H groups in total. The summed E-state index contributed by atoms with van der Waals surface area (Å²) in [5.41, 5.74) is 3.72. The number of hydrogen-bond acceptors (Lipinski definition) is 2. The number of urea groups is 1. The molecule has 1 aromatic heterocycles. The molecule has 120 valence electrons. The molecule has 0 spiro atoms. The van der Waals surface area contributed by atoms with E-state index in [1.165, 1.54) is 0 Å². The minimum atomic E-state index is -0.234. The van der Waals surface area contributed by atoms with Crippen molar-refractivity contribution in [1.82, 2.24) is 10.3 Å². The fourth-order valence-electron chi connectivity index (χ4n) is 2.55. The van der Waals surface area contributed by atoms with Gasteiger partial charge in [-0.05, 0) is 24.6 Å². The lowest BCUT2D eigenvalue weighted by molar-refractivity contribution is 0.249. The van der Waals surface area contributed by atoms with Crippen LogP contribution in [0.2, 0.25) is 0 Å². The number of carbonyl (C=O) groups is 1. The summed E-state index contributed by atoms with van der Waals surface area (Å²) in [4.78, 5) is 16.5. The third-order valence-electron chi connectivity index (χ3n) is 3.79. The number of para-hydroxylation sites is 1. The second-order valence-corrected chi connectivity index (χ2v) is 5.52. The van der Waals surface area contributed by atoms with Gasteiger partial charge in [0.05, 0.1) is 11.7 Å². The van der Waals surface area contributed by atoms with E-state index < -0.39 is 0 Å². The molecule has 0 aliphatic rings. The highest BCUT2D eigenvalue weighted by atomic mass is 16.2. The lowest BCUT2D eigenvalue weighted by Gasteiger charge is -2.16. The number of amides is 2.